The minimum Gasteiger partial charge on any atom is -0.484 e. The van der Waals surface area contributed by atoms with E-state index in [9.17, 15) is 14.9 Å². The van der Waals surface area contributed by atoms with Gasteiger partial charge in [0.15, 0.2) is 6.61 Å². The predicted molar refractivity (Wildman–Crippen MR) is 109 cm³/mol. The summed E-state index contributed by atoms with van der Waals surface area (Å²) in [6.07, 6.45) is 0. The maximum Gasteiger partial charge on any atom is 0.293 e. The first kappa shape index (κ1) is 19.6. The van der Waals surface area contributed by atoms with Crippen LogP contribution in [0.25, 0.3) is 11.1 Å². The Kier molecular flexibility index (Phi) is 5.85. The van der Waals surface area contributed by atoms with Gasteiger partial charge in [-0.25, -0.2) is 0 Å². The summed E-state index contributed by atoms with van der Waals surface area (Å²) in [5, 5.41) is 22.5. The van der Waals surface area contributed by atoms with Crippen molar-refractivity contribution < 1.29 is 14.5 Å². The summed E-state index contributed by atoms with van der Waals surface area (Å²) >= 11 is 0. The van der Waals surface area contributed by atoms with E-state index in [1.165, 1.54) is 6.07 Å². The molecule has 0 heterocycles. The van der Waals surface area contributed by atoms with Crippen LogP contribution in [0.15, 0.2) is 66.7 Å². The number of nitrogens with one attached hydrogen (secondary N) is 1. The molecular formula is C22H17N3O4. The zero-order valence-electron chi connectivity index (χ0n) is 15.6. The molecule has 144 valence electrons. The molecule has 0 aromatic heterocycles. The third kappa shape index (κ3) is 4.76. The van der Waals surface area contributed by atoms with E-state index in [1.54, 1.807) is 43.3 Å². The molecule has 7 heteroatoms. The molecule has 0 unspecified atom stereocenters. The summed E-state index contributed by atoms with van der Waals surface area (Å²) in [6, 6.07) is 21.0. The minimum atomic E-state index is -0.536. The van der Waals surface area contributed by atoms with E-state index in [0.717, 1.165) is 11.1 Å². The Labute approximate surface area is 167 Å². The number of nitro groups is 1. The van der Waals surface area contributed by atoms with Crippen LogP contribution in [0.4, 0.5) is 11.4 Å². The summed E-state index contributed by atoms with van der Waals surface area (Å²) in [5.41, 5.74) is 3.10. The van der Waals surface area contributed by atoms with Crippen molar-refractivity contribution in [2.45, 2.75) is 6.92 Å². The first-order chi connectivity index (χ1) is 14.0. The Balaban J connectivity index is 1.62. The molecule has 0 radical (unpaired) electrons. The number of hydrogen-bond acceptors (Lipinski definition) is 5. The van der Waals surface area contributed by atoms with Crippen molar-refractivity contribution in [1.29, 1.82) is 5.26 Å². The third-order valence-electron chi connectivity index (χ3n) is 4.28. The summed E-state index contributed by atoms with van der Waals surface area (Å²) in [4.78, 5) is 22.8. The standard InChI is InChI=1S/C22H17N3O4/c1-15-3-2-4-20(25(27)28)22(15)24-21(26)14-29-19-11-9-18(10-12-19)17-7-5-16(13-23)6-8-17/h2-12H,14H2,1H3,(H,24,26). The van der Waals surface area contributed by atoms with Gasteiger partial charge < -0.3 is 10.1 Å². The van der Waals surface area contributed by atoms with Crippen molar-refractivity contribution in [2.24, 2.45) is 0 Å². The van der Waals surface area contributed by atoms with Crippen molar-refractivity contribution in [2.75, 3.05) is 11.9 Å². The molecule has 0 saturated carbocycles. The molecule has 0 atom stereocenters. The zero-order chi connectivity index (χ0) is 20.8. The highest BCUT2D eigenvalue weighted by molar-refractivity contribution is 5.95. The van der Waals surface area contributed by atoms with Gasteiger partial charge in [-0.15, -0.1) is 0 Å². The number of para-hydroxylation sites is 1. The molecule has 1 N–H and O–H groups in total. The second kappa shape index (κ2) is 8.67. The second-order valence-corrected chi connectivity index (χ2v) is 6.28. The normalized spacial score (nSPS) is 10.1. The first-order valence-corrected chi connectivity index (χ1v) is 8.75. The fourth-order valence-corrected chi connectivity index (χ4v) is 2.77. The average Bonchev–Trinajstić information content (AvgIpc) is 2.74. The van der Waals surface area contributed by atoms with E-state index in [-0.39, 0.29) is 18.0 Å². The van der Waals surface area contributed by atoms with Crippen molar-refractivity contribution in [1.82, 2.24) is 0 Å². The van der Waals surface area contributed by atoms with Gasteiger partial charge in [0.05, 0.1) is 16.6 Å². The third-order valence-corrected chi connectivity index (χ3v) is 4.28. The molecule has 1 amide bonds. The van der Waals surface area contributed by atoms with Crippen LogP contribution >= 0.6 is 0 Å². The van der Waals surface area contributed by atoms with Gasteiger partial charge in [0.2, 0.25) is 0 Å². The number of anilines is 1. The van der Waals surface area contributed by atoms with Gasteiger partial charge in [0.25, 0.3) is 11.6 Å². The lowest BCUT2D eigenvalue weighted by atomic mass is 10.0. The highest BCUT2D eigenvalue weighted by Gasteiger charge is 2.17. The monoisotopic (exact) mass is 387 g/mol. The fraction of sp³-hybridized carbons (Fsp3) is 0.0909. The Morgan fingerprint density at radius 3 is 2.28 bits per heavy atom. The van der Waals surface area contributed by atoms with Crippen LogP contribution < -0.4 is 10.1 Å². The number of hydrogen-bond donors (Lipinski definition) is 1. The van der Waals surface area contributed by atoms with Crippen molar-refractivity contribution in [3.8, 4) is 22.9 Å². The predicted octanol–water partition coefficient (Wildman–Crippen LogP) is 4.46. The molecule has 0 spiro atoms. The molecule has 3 rings (SSSR count). The second-order valence-electron chi connectivity index (χ2n) is 6.28. The SMILES string of the molecule is Cc1cccc([N+](=O)[O-])c1NC(=O)COc1ccc(-c2ccc(C#N)cc2)cc1. The number of nitro benzene ring substituents is 1. The number of ether oxygens (including phenoxy) is 1. The van der Waals surface area contributed by atoms with Gasteiger partial charge in [-0.2, -0.15) is 5.26 Å². The molecule has 0 fully saturated rings. The average molecular weight is 387 g/mol. The van der Waals surface area contributed by atoms with Crippen molar-refractivity contribution >= 4 is 17.3 Å². The highest BCUT2D eigenvalue weighted by Crippen LogP contribution is 2.27. The molecule has 0 bridgehead atoms. The van der Waals surface area contributed by atoms with Crippen molar-refractivity contribution in [3.05, 3.63) is 88.0 Å². The van der Waals surface area contributed by atoms with Crippen LogP contribution in [0.2, 0.25) is 0 Å². The smallest absolute Gasteiger partial charge is 0.293 e. The van der Waals surface area contributed by atoms with Crippen molar-refractivity contribution in [3.63, 3.8) is 0 Å². The number of nitriles is 1. The number of nitrogens with zero attached hydrogens (tertiary/aromatic N) is 2. The largest absolute Gasteiger partial charge is 0.484 e. The number of benzene rings is 3. The van der Waals surface area contributed by atoms with Gasteiger partial charge >= 0.3 is 0 Å². The van der Waals surface area contributed by atoms with E-state index < -0.39 is 10.8 Å². The van der Waals surface area contributed by atoms with Gasteiger partial charge in [0.1, 0.15) is 11.4 Å². The Morgan fingerprint density at radius 2 is 1.69 bits per heavy atom. The molecule has 29 heavy (non-hydrogen) atoms. The highest BCUT2D eigenvalue weighted by atomic mass is 16.6. The molecule has 7 nitrogen and oxygen atoms in total. The van der Waals surface area contributed by atoms with E-state index in [4.69, 9.17) is 10.00 Å². The number of carbonyl (C=O) groups is 1. The Morgan fingerprint density at radius 1 is 1.07 bits per heavy atom. The number of rotatable bonds is 6. The quantitative estimate of drug-likeness (QED) is 0.496. The van der Waals surface area contributed by atoms with Gasteiger partial charge in [-0.1, -0.05) is 36.4 Å². The summed E-state index contributed by atoms with van der Waals surface area (Å²) < 4.78 is 5.48. The first-order valence-electron chi connectivity index (χ1n) is 8.75. The number of carbonyl (C=O) groups excluding carboxylic acids is 1. The van der Waals surface area contributed by atoms with Crippen LogP contribution in [0.5, 0.6) is 5.75 Å². The molecule has 0 aliphatic heterocycles. The molecular weight excluding hydrogens is 370 g/mol. The van der Waals surface area contributed by atoms with E-state index in [1.807, 2.05) is 24.3 Å². The molecule has 3 aromatic rings. The van der Waals surface area contributed by atoms with Gasteiger partial charge in [-0.05, 0) is 47.9 Å². The van der Waals surface area contributed by atoms with Crippen LogP contribution in [0.1, 0.15) is 11.1 Å². The minimum absolute atomic E-state index is 0.162. The Bertz CT molecular complexity index is 1080. The maximum atomic E-state index is 12.2. The maximum absolute atomic E-state index is 12.2. The van der Waals surface area contributed by atoms with Gasteiger partial charge in [0, 0.05) is 6.07 Å². The molecule has 3 aromatic carbocycles. The lowest BCUT2D eigenvalue weighted by molar-refractivity contribution is -0.384. The molecule has 0 aliphatic rings. The van der Waals surface area contributed by atoms with Crippen LogP contribution in [0.3, 0.4) is 0 Å². The van der Waals surface area contributed by atoms with E-state index >= 15 is 0 Å². The van der Waals surface area contributed by atoms with Crippen LogP contribution in [-0.4, -0.2) is 17.4 Å². The molecule has 0 aliphatic carbocycles. The Hall–Kier alpha value is -4.18. The number of aryl methyl sites for hydroxylation is 1. The lowest BCUT2D eigenvalue weighted by Gasteiger charge is -2.10. The summed E-state index contributed by atoms with van der Waals surface area (Å²) in [7, 11) is 0. The van der Waals surface area contributed by atoms with Crippen LogP contribution in [0, 0.1) is 28.4 Å². The molecule has 0 saturated heterocycles. The van der Waals surface area contributed by atoms with E-state index in [0.29, 0.717) is 16.9 Å². The number of amides is 1. The summed E-state index contributed by atoms with van der Waals surface area (Å²) in [5.74, 6) is 0.00963. The topological polar surface area (TPSA) is 105 Å². The lowest BCUT2D eigenvalue weighted by Crippen LogP contribution is -2.21. The zero-order valence-corrected chi connectivity index (χ0v) is 15.6. The van der Waals surface area contributed by atoms with Crippen LogP contribution in [-0.2, 0) is 4.79 Å². The van der Waals surface area contributed by atoms with Gasteiger partial charge in [-0.3, -0.25) is 14.9 Å². The summed E-state index contributed by atoms with van der Waals surface area (Å²) in [6.45, 7) is 1.41. The van der Waals surface area contributed by atoms with E-state index in [2.05, 4.69) is 11.4 Å². The fourth-order valence-electron chi connectivity index (χ4n) is 2.77.